The van der Waals surface area contributed by atoms with Gasteiger partial charge in [-0.2, -0.15) is 5.26 Å². The maximum Gasteiger partial charge on any atom is 0.241 e. The average Bonchev–Trinajstić information content (AvgIpc) is 2.41. The van der Waals surface area contributed by atoms with E-state index in [9.17, 15) is 4.79 Å². The molecule has 1 unspecified atom stereocenters. The fourth-order valence-electron chi connectivity index (χ4n) is 1.65. The van der Waals surface area contributed by atoms with Gasteiger partial charge in [-0.25, -0.2) is 0 Å². The number of hydrogen-bond donors (Lipinski definition) is 1. The van der Waals surface area contributed by atoms with Crippen LogP contribution >= 0.6 is 0 Å². The van der Waals surface area contributed by atoms with Crippen LogP contribution in [0.5, 0.6) is 0 Å². The molecule has 0 fully saturated rings. The third kappa shape index (κ3) is 3.49. The van der Waals surface area contributed by atoms with Crippen molar-refractivity contribution in [3.63, 3.8) is 0 Å². The zero-order valence-electron chi connectivity index (χ0n) is 11.1. The Labute approximate surface area is 108 Å². The Morgan fingerprint density at radius 3 is 2.33 bits per heavy atom. The molecule has 96 valence electrons. The monoisotopic (exact) mass is 245 g/mol. The summed E-state index contributed by atoms with van der Waals surface area (Å²) >= 11 is 0. The molecule has 0 radical (unpaired) electrons. The molecule has 0 aliphatic rings. The van der Waals surface area contributed by atoms with Crippen LogP contribution in [0.1, 0.15) is 20.8 Å². The largest absolute Gasteiger partial charge is 0.372 e. The molecule has 0 aromatic heterocycles. The molecule has 1 amide bonds. The number of hydrogen-bond acceptors (Lipinski definition) is 3. The van der Waals surface area contributed by atoms with Gasteiger partial charge in [-0.3, -0.25) is 4.79 Å². The van der Waals surface area contributed by atoms with Crippen molar-refractivity contribution in [3.05, 3.63) is 24.3 Å². The molecule has 1 atom stereocenters. The number of nitriles is 1. The van der Waals surface area contributed by atoms with Gasteiger partial charge in [0.1, 0.15) is 5.92 Å². The Balaban J connectivity index is 2.72. The van der Waals surface area contributed by atoms with E-state index >= 15 is 0 Å². The summed E-state index contributed by atoms with van der Waals surface area (Å²) in [6, 6.07) is 9.57. The van der Waals surface area contributed by atoms with Crippen molar-refractivity contribution in [1.82, 2.24) is 0 Å². The van der Waals surface area contributed by atoms with Gasteiger partial charge in [0.15, 0.2) is 0 Å². The molecule has 4 heteroatoms. The fourth-order valence-corrected chi connectivity index (χ4v) is 1.65. The summed E-state index contributed by atoms with van der Waals surface area (Å²) in [6.45, 7) is 7.70. The first-order chi connectivity index (χ1) is 8.62. The number of anilines is 2. The molecule has 4 nitrogen and oxygen atoms in total. The number of rotatable bonds is 5. The molecule has 0 aliphatic heterocycles. The second-order valence-corrected chi connectivity index (χ2v) is 4.06. The predicted molar refractivity (Wildman–Crippen MR) is 73.4 cm³/mol. The number of carbonyl (C=O) groups excluding carboxylic acids is 1. The Hall–Kier alpha value is -2.02. The lowest BCUT2D eigenvalue weighted by Crippen LogP contribution is -2.22. The molecule has 1 N–H and O–H groups in total. The molecule has 18 heavy (non-hydrogen) atoms. The van der Waals surface area contributed by atoms with E-state index in [-0.39, 0.29) is 5.91 Å². The second-order valence-electron chi connectivity index (χ2n) is 4.06. The van der Waals surface area contributed by atoms with Crippen molar-refractivity contribution < 1.29 is 4.79 Å². The van der Waals surface area contributed by atoms with E-state index in [1.165, 1.54) is 0 Å². The van der Waals surface area contributed by atoms with Crippen molar-refractivity contribution in [3.8, 4) is 6.07 Å². The lowest BCUT2D eigenvalue weighted by molar-refractivity contribution is -0.117. The third-order valence-corrected chi connectivity index (χ3v) is 2.85. The van der Waals surface area contributed by atoms with Gasteiger partial charge in [0, 0.05) is 24.5 Å². The van der Waals surface area contributed by atoms with Crippen LogP contribution in [0.3, 0.4) is 0 Å². The molecule has 0 heterocycles. The molecule has 1 aromatic carbocycles. The maximum atomic E-state index is 11.5. The highest BCUT2D eigenvalue weighted by Gasteiger charge is 2.11. The topological polar surface area (TPSA) is 56.1 Å². The lowest BCUT2D eigenvalue weighted by atomic mass is 10.2. The molecule has 0 saturated carbocycles. The van der Waals surface area contributed by atoms with E-state index in [4.69, 9.17) is 5.26 Å². The van der Waals surface area contributed by atoms with Gasteiger partial charge in [0.25, 0.3) is 0 Å². The van der Waals surface area contributed by atoms with Gasteiger partial charge in [0.05, 0.1) is 6.07 Å². The summed E-state index contributed by atoms with van der Waals surface area (Å²) in [5.74, 6) is -0.902. The van der Waals surface area contributed by atoms with Crippen LogP contribution in [0.4, 0.5) is 11.4 Å². The molecular formula is C14H19N3O. The summed E-state index contributed by atoms with van der Waals surface area (Å²) in [4.78, 5) is 13.8. The van der Waals surface area contributed by atoms with Gasteiger partial charge in [0.2, 0.25) is 5.91 Å². The molecule has 1 aromatic rings. The van der Waals surface area contributed by atoms with Crippen LogP contribution in [-0.2, 0) is 4.79 Å². The normalized spacial score (nSPS) is 11.4. The number of nitrogens with one attached hydrogen (secondary N) is 1. The Morgan fingerprint density at radius 1 is 1.33 bits per heavy atom. The predicted octanol–water partition coefficient (Wildman–Crippen LogP) is 2.63. The Bertz CT molecular complexity index is 429. The van der Waals surface area contributed by atoms with Crippen LogP contribution in [0.2, 0.25) is 0 Å². The molecule has 0 spiro atoms. The number of amides is 1. The lowest BCUT2D eigenvalue weighted by Gasteiger charge is -2.21. The zero-order chi connectivity index (χ0) is 13.5. The van der Waals surface area contributed by atoms with E-state index in [0.717, 1.165) is 24.5 Å². The minimum Gasteiger partial charge on any atom is -0.372 e. The summed E-state index contributed by atoms with van der Waals surface area (Å²) in [6.07, 6.45) is 0. The first kappa shape index (κ1) is 14.0. The fraction of sp³-hybridized carbons (Fsp3) is 0.429. The van der Waals surface area contributed by atoms with Gasteiger partial charge < -0.3 is 10.2 Å². The van der Waals surface area contributed by atoms with Gasteiger partial charge in [-0.15, -0.1) is 0 Å². The molecule has 1 rings (SSSR count). The first-order valence-electron chi connectivity index (χ1n) is 6.17. The van der Waals surface area contributed by atoms with Gasteiger partial charge >= 0.3 is 0 Å². The molecule has 0 aliphatic carbocycles. The van der Waals surface area contributed by atoms with E-state index in [0.29, 0.717) is 0 Å². The van der Waals surface area contributed by atoms with Crippen molar-refractivity contribution >= 4 is 17.3 Å². The minimum absolute atomic E-state index is 0.270. The van der Waals surface area contributed by atoms with Gasteiger partial charge in [-0.05, 0) is 45.0 Å². The highest BCUT2D eigenvalue weighted by Crippen LogP contribution is 2.18. The first-order valence-corrected chi connectivity index (χ1v) is 6.17. The van der Waals surface area contributed by atoms with E-state index in [1.807, 2.05) is 30.3 Å². The molecule has 0 bridgehead atoms. The van der Waals surface area contributed by atoms with Crippen LogP contribution in [-0.4, -0.2) is 19.0 Å². The number of benzene rings is 1. The molecule has 0 saturated heterocycles. The summed E-state index contributed by atoms with van der Waals surface area (Å²) in [5.41, 5.74) is 1.85. The average molecular weight is 245 g/mol. The highest BCUT2D eigenvalue weighted by atomic mass is 16.1. The number of nitrogens with zero attached hydrogens (tertiary/aromatic N) is 2. The van der Waals surface area contributed by atoms with E-state index in [1.54, 1.807) is 6.92 Å². The van der Waals surface area contributed by atoms with Crippen molar-refractivity contribution in [2.75, 3.05) is 23.3 Å². The van der Waals surface area contributed by atoms with Crippen molar-refractivity contribution in [2.45, 2.75) is 20.8 Å². The van der Waals surface area contributed by atoms with Gasteiger partial charge in [-0.1, -0.05) is 0 Å². The number of carbonyl (C=O) groups is 1. The summed E-state index contributed by atoms with van der Waals surface area (Å²) in [7, 11) is 0. The standard InChI is InChI=1S/C14H19N3O/c1-4-17(5-2)13-8-6-12(7-9-13)16-14(18)11(3)10-15/h6-9,11H,4-5H2,1-3H3,(H,16,18). The van der Waals surface area contributed by atoms with Crippen LogP contribution < -0.4 is 10.2 Å². The van der Waals surface area contributed by atoms with Crippen molar-refractivity contribution in [1.29, 1.82) is 5.26 Å². The van der Waals surface area contributed by atoms with E-state index in [2.05, 4.69) is 24.1 Å². The van der Waals surface area contributed by atoms with E-state index < -0.39 is 5.92 Å². The SMILES string of the molecule is CCN(CC)c1ccc(NC(=O)C(C)C#N)cc1. The summed E-state index contributed by atoms with van der Waals surface area (Å²) < 4.78 is 0. The second kappa shape index (κ2) is 6.65. The quantitative estimate of drug-likeness (QED) is 0.867. The third-order valence-electron chi connectivity index (χ3n) is 2.85. The van der Waals surface area contributed by atoms with Crippen LogP contribution in [0.15, 0.2) is 24.3 Å². The van der Waals surface area contributed by atoms with Crippen molar-refractivity contribution in [2.24, 2.45) is 5.92 Å². The summed E-state index contributed by atoms with van der Waals surface area (Å²) in [5, 5.41) is 11.4. The van der Waals surface area contributed by atoms with Crippen LogP contribution in [0.25, 0.3) is 0 Å². The highest BCUT2D eigenvalue weighted by molar-refractivity contribution is 5.93. The smallest absolute Gasteiger partial charge is 0.241 e. The Kier molecular flexibility index (Phi) is 5.19. The maximum absolute atomic E-state index is 11.5. The zero-order valence-corrected chi connectivity index (χ0v) is 11.1. The van der Waals surface area contributed by atoms with Crippen LogP contribution in [0, 0.1) is 17.2 Å². The molecular weight excluding hydrogens is 226 g/mol. The minimum atomic E-state index is -0.632. The Morgan fingerprint density at radius 2 is 1.89 bits per heavy atom.